The number of phenols is 1. The lowest BCUT2D eigenvalue weighted by Gasteiger charge is -2.38. The normalized spacial score (nSPS) is 17.6. The molecule has 2 aromatic carbocycles. The summed E-state index contributed by atoms with van der Waals surface area (Å²) in [6.45, 7) is 18.0. The number of carbonyl (C=O) groups is 1. The fourth-order valence-electron chi connectivity index (χ4n) is 5.83. The molecule has 0 bridgehead atoms. The number of allylic oxidation sites excluding steroid dienone is 5. The molecule has 3 rings (SSSR count). The molecule has 1 heterocycles. The fourth-order valence-corrected chi connectivity index (χ4v) is 5.83. The number of rotatable bonds is 13. The smallest absolute Gasteiger partial charge is 0.249 e. The number of hydrogen-bond acceptors (Lipinski definition) is 3. The maximum atomic E-state index is 12.9. The van der Waals surface area contributed by atoms with Gasteiger partial charge in [0.1, 0.15) is 17.1 Å². The highest BCUT2D eigenvalue weighted by molar-refractivity contribution is 5.92. The minimum atomic E-state index is -0.177. The van der Waals surface area contributed by atoms with E-state index < -0.39 is 0 Å². The molecular formula is C38H53NO3. The summed E-state index contributed by atoms with van der Waals surface area (Å²) in [6, 6.07) is 10.2. The molecule has 1 aliphatic rings. The van der Waals surface area contributed by atoms with E-state index in [4.69, 9.17) is 4.74 Å². The lowest BCUT2D eigenvalue weighted by Crippen LogP contribution is -2.37. The Labute approximate surface area is 255 Å². The SMILES string of the molecule is CCN(Cc1ccccc1)C(=O)/C(C)=C/CC/C(C)=C/CC/C(C)=C/CC[C@]1(C)CCc2c(C)c(O)c(C)c(C)c2O1. The second kappa shape index (κ2) is 15.3. The van der Waals surface area contributed by atoms with Crippen molar-refractivity contribution in [2.24, 2.45) is 0 Å². The molecule has 228 valence electrons. The van der Waals surface area contributed by atoms with Gasteiger partial charge in [-0.2, -0.15) is 0 Å². The van der Waals surface area contributed by atoms with Gasteiger partial charge >= 0.3 is 0 Å². The summed E-state index contributed by atoms with van der Waals surface area (Å²) in [6.07, 6.45) is 14.7. The molecule has 4 heteroatoms. The molecule has 0 aromatic heterocycles. The van der Waals surface area contributed by atoms with E-state index in [1.165, 1.54) is 16.7 Å². The number of benzene rings is 2. The molecule has 0 saturated carbocycles. The first-order chi connectivity index (χ1) is 20.0. The molecule has 0 unspecified atom stereocenters. The molecule has 0 radical (unpaired) electrons. The average Bonchev–Trinajstić information content (AvgIpc) is 2.97. The maximum absolute atomic E-state index is 12.9. The third kappa shape index (κ3) is 8.86. The number of nitrogens with zero attached hydrogens (tertiary/aromatic N) is 1. The first-order valence-electron chi connectivity index (χ1n) is 15.8. The van der Waals surface area contributed by atoms with E-state index in [9.17, 15) is 9.90 Å². The van der Waals surface area contributed by atoms with Gasteiger partial charge < -0.3 is 14.7 Å². The highest BCUT2D eigenvalue weighted by atomic mass is 16.5. The number of hydrogen-bond donors (Lipinski definition) is 1. The number of carbonyl (C=O) groups excluding carboxylic acids is 1. The largest absolute Gasteiger partial charge is 0.507 e. The van der Waals surface area contributed by atoms with Crippen LogP contribution in [0.1, 0.15) is 107 Å². The molecule has 2 aromatic rings. The quantitative estimate of drug-likeness (QED) is 0.192. The van der Waals surface area contributed by atoms with Crippen LogP contribution in [-0.4, -0.2) is 28.1 Å². The monoisotopic (exact) mass is 571 g/mol. The van der Waals surface area contributed by atoms with Crippen molar-refractivity contribution in [3.8, 4) is 11.5 Å². The van der Waals surface area contributed by atoms with Crippen molar-refractivity contribution in [2.75, 3.05) is 6.54 Å². The summed E-state index contributed by atoms with van der Waals surface area (Å²) < 4.78 is 6.60. The predicted molar refractivity (Wildman–Crippen MR) is 176 cm³/mol. The molecule has 1 amide bonds. The van der Waals surface area contributed by atoms with E-state index in [2.05, 4.69) is 58.1 Å². The Balaban J connectivity index is 1.42. The lowest BCUT2D eigenvalue weighted by atomic mass is 9.85. The van der Waals surface area contributed by atoms with Crippen molar-refractivity contribution in [3.05, 3.63) is 93.1 Å². The van der Waals surface area contributed by atoms with Crippen molar-refractivity contribution in [1.29, 1.82) is 0 Å². The second-order valence-corrected chi connectivity index (χ2v) is 12.5. The third-order valence-corrected chi connectivity index (χ3v) is 9.00. The van der Waals surface area contributed by atoms with Crippen LogP contribution in [0.5, 0.6) is 11.5 Å². The van der Waals surface area contributed by atoms with Crippen LogP contribution in [0, 0.1) is 20.8 Å². The van der Waals surface area contributed by atoms with E-state index in [0.29, 0.717) is 18.8 Å². The first kappa shape index (κ1) is 33.2. The van der Waals surface area contributed by atoms with Crippen molar-refractivity contribution in [2.45, 2.75) is 119 Å². The Morgan fingerprint density at radius 3 is 2.19 bits per heavy atom. The van der Waals surface area contributed by atoms with E-state index in [0.717, 1.165) is 84.9 Å². The zero-order chi connectivity index (χ0) is 30.9. The Hall–Kier alpha value is -3.27. The van der Waals surface area contributed by atoms with Crippen LogP contribution in [0.15, 0.2) is 65.3 Å². The summed E-state index contributed by atoms with van der Waals surface area (Å²) in [5, 5.41) is 10.4. The van der Waals surface area contributed by atoms with Gasteiger partial charge in [-0.3, -0.25) is 4.79 Å². The summed E-state index contributed by atoms with van der Waals surface area (Å²) in [5.41, 5.74) is 8.75. The number of likely N-dealkylation sites (N-methyl/N-ethyl adjacent to an activating group) is 1. The topological polar surface area (TPSA) is 49.8 Å². The van der Waals surface area contributed by atoms with Crippen LogP contribution in [0.3, 0.4) is 0 Å². The molecule has 0 fully saturated rings. The summed E-state index contributed by atoms with van der Waals surface area (Å²) in [4.78, 5) is 14.8. The molecule has 0 saturated heterocycles. The van der Waals surface area contributed by atoms with Gasteiger partial charge in [-0.25, -0.2) is 0 Å². The summed E-state index contributed by atoms with van der Waals surface area (Å²) in [7, 11) is 0. The highest BCUT2D eigenvalue weighted by Gasteiger charge is 2.34. The minimum Gasteiger partial charge on any atom is -0.507 e. The zero-order valence-electron chi connectivity index (χ0n) is 27.4. The van der Waals surface area contributed by atoms with Gasteiger partial charge in [0.15, 0.2) is 0 Å². The van der Waals surface area contributed by atoms with Crippen LogP contribution in [0.4, 0.5) is 0 Å². The average molecular weight is 572 g/mol. The molecule has 1 atom stereocenters. The van der Waals surface area contributed by atoms with E-state index in [1.54, 1.807) is 0 Å². The van der Waals surface area contributed by atoms with Gasteiger partial charge in [0.25, 0.3) is 0 Å². The zero-order valence-corrected chi connectivity index (χ0v) is 27.4. The predicted octanol–water partition coefficient (Wildman–Crippen LogP) is 9.63. The number of fused-ring (bicyclic) bond motifs is 1. The Kier molecular flexibility index (Phi) is 12.1. The molecule has 0 spiro atoms. The van der Waals surface area contributed by atoms with Crippen LogP contribution in [0.25, 0.3) is 0 Å². The number of ether oxygens (including phenoxy) is 1. The summed E-state index contributed by atoms with van der Waals surface area (Å²) >= 11 is 0. The van der Waals surface area contributed by atoms with Gasteiger partial charge in [0, 0.05) is 24.2 Å². The summed E-state index contributed by atoms with van der Waals surface area (Å²) in [5.74, 6) is 1.53. The maximum Gasteiger partial charge on any atom is 0.249 e. The van der Waals surface area contributed by atoms with E-state index >= 15 is 0 Å². The van der Waals surface area contributed by atoms with Crippen molar-refractivity contribution in [3.63, 3.8) is 0 Å². The highest BCUT2D eigenvalue weighted by Crippen LogP contribution is 2.44. The van der Waals surface area contributed by atoms with E-state index in [-0.39, 0.29) is 11.5 Å². The number of aromatic hydroxyl groups is 1. The van der Waals surface area contributed by atoms with Gasteiger partial charge in [-0.1, -0.05) is 59.7 Å². The molecule has 1 N–H and O–H groups in total. The standard InChI is InChI=1S/C38H53NO3/c1-9-39(26-33-21-11-10-12-22-33)37(41)29(4)20-14-18-27(2)16-13-17-28(3)19-15-24-38(8)25-23-34-32(7)35(40)30(5)31(6)36(34)42-38/h10-12,16,19-22,40H,9,13-15,17-18,23-26H2,1-8H3/b27-16+,28-19+,29-20+/t38-/m1/s1. The third-order valence-electron chi connectivity index (χ3n) is 9.00. The minimum absolute atomic E-state index is 0.125. The van der Waals surface area contributed by atoms with E-state index in [1.807, 2.05) is 50.8 Å². The Morgan fingerprint density at radius 1 is 0.929 bits per heavy atom. The lowest BCUT2D eigenvalue weighted by molar-refractivity contribution is -0.127. The Morgan fingerprint density at radius 2 is 1.55 bits per heavy atom. The van der Waals surface area contributed by atoms with Gasteiger partial charge in [-0.05, 0) is 129 Å². The van der Waals surface area contributed by atoms with Crippen molar-refractivity contribution < 1.29 is 14.6 Å². The van der Waals surface area contributed by atoms with Crippen molar-refractivity contribution in [1.82, 2.24) is 4.90 Å². The van der Waals surface area contributed by atoms with Gasteiger partial charge in [-0.15, -0.1) is 0 Å². The molecule has 0 aliphatic carbocycles. The van der Waals surface area contributed by atoms with Gasteiger partial charge in [0.05, 0.1) is 0 Å². The van der Waals surface area contributed by atoms with Gasteiger partial charge in [0.2, 0.25) is 5.91 Å². The molecular weight excluding hydrogens is 518 g/mol. The fraction of sp³-hybridized carbons (Fsp3) is 0.500. The van der Waals surface area contributed by atoms with Crippen LogP contribution < -0.4 is 4.74 Å². The molecule has 4 nitrogen and oxygen atoms in total. The van der Waals surface area contributed by atoms with Crippen LogP contribution in [-0.2, 0) is 17.8 Å². The number of phenolic OH excluding ortho intramolecular Hbond substituents is 1. The Bertz CT molecular complexity index is 1320. The van der Waals surface area contributed by atoms with Crippen LogP contribution in [0.2, 0.25) is 0 Å². The second-order valence-electron chi connectivity index (χ2n) is 12.5. The number of amides is 1. The first-order valence-corrected chi connectivity index (χ1v) is 15.8. The molecule has 1 aliphatic heterocycles. The van der Waals surface area contributed by atoms with Crippen LogP contribution >= 0.6 is 0 Å². The molecule has 42 heavy (non-hydrogen) atoms. The van der Waals surface area contributed by atoms with Crippen molar-refractivity contribution >= 4 is 5.91 Å².